The van der Waals surface area contributed by atoms with Gasteiger partial charge in [0.25, 0.3) is 5.91 Å². The molecule has 0 fully saturated rings. The zero-order valence-corrected chi connectivity index (χ0v) is 17.2. The average molecular weight is 454 g/mol. The van der Waals surface area contributed by atoms with Crippen molar-refractivity contribution in [3.05, 3.63) is 53.8 Å². The number of methoxy groups -OCH3 is 1. The molecule has 2 N–H and O–H groups in total. The van der Waals surface area contributed by atoms with Crippen LogP contribution in [0.2, 0.25) is 0 Å². The summed E-state index contributed by atoms with van der Waals surface area (Å²) >= 11 is 0. The SMILES string of the molecule is COc1ccc(OCCC(=O)OC(C)C(=O)NCC(=O)Nc2ccc(F)c(F)c2F)cc1. The molecule has 2 aromatic rings. The van der Waals surface area contributed by atoms with E-state index in [0.29, 0.717) is 17.6 Å². The monoisotopic (exact) mass is 454 g/mol. The van der Waals surface area contributed by atoms with Gasteiger partial charge < -0.3 is 24.8 Å². The third-order valence-corrected chi connectivity index (χ3v) is 4.04. The molecule has 0 heterocycles. The lowest BCUT2D eigenvalue weighted by Gasteiger charge is -2.14. The summed E-state index contributed by atoms with van der Waals surface area (Å²) in [5.74, 6) is -5.90. The minimum Gasteiger partial charge on any atom is -0.497 e. The van der Waals surface area contributed by atoms with Crippen molar-refractivity contribution in [3.8, 4) is 11.5 Å². The molecule has 32 heavy (non-hydrogen) atoms. The molecule has 0 saturated carbocycles. The summed E-state index contributed by atoms with van der Waals surface area (Å²) in [5.41, 5.74) is -0.584. The summed E-state index contributed by atoms with van der Waals surface area (Å²) in [5, 5.41) is 4.18. The van der Waals surface area contributed by atoms with Crippen molar-refractivity contribution in [3.63, 3.8) is 0 Å². The second-order valence-electron chi connectivity index (χ2n) is 6.39. The molecule has 1 atom stereocenters. The number of benzene rings is 2. The molecule has 2 amide bonds. The van der Waals surface area contributed by atoms with Crippen LogP contribution in [0.4, 0.5) is 18.9 Å². The van der Waals surface area contributed by atoms with E-state index < -0.39 is 53.6 Å². The van der Waals surface area contributed by atoms with Gasteiger partial charge in [-0.05, 0) is 43.3 Å². The van der Waals surface area contributed by atoms with Crippen LogP contribution in [0.25, 0.3) is 0 Å². The molecular formula is C21H21F3N2O6. The Morgan fingerprint density at radius 3 is 2.28 bits per heavy atom. The van der Waals surface area contributed by atoms with Crippen molar-refractivity contribution in [2.24, 2.45) is 0 Å². The van der Waals surface area contributed by atoms with Crippen LogP contribution in [0.1, 0.15) is 13.3 Å². The van der Waals surface area contributed by atoms with Crippen LogP contribution in [0.3, 0.4) is 0 Å². The lowest BCUT2D eigenvalue weighted by atomic mass is 10.2. The fourth-order valence-electron chi connectivity index (χ4n) is 2.36. The van der Waals surface area contributed by atoms with Crippen LogP contribution in [0.15, 0.2) is 36.4 Å². The van der Waals surface area contributed by atoms with Gasteiger partial charge >= 0.3 is 5.97 Å². The fraction of sp³-hybridized carbons (Fsp3) is 0.286. The zero-order valence-electron chi connectivity index (χ0n) is 17.2. The molecule has 11 heteroatoms. The van der Waals surface area contributed by atoms with E-state index in [1.165, 1.54) is 14.0 Å². The first kappa shape index (κ1) is 24.5. The molecule has 8 nitrogen and oxygen atoms in total. The van der Waals surface area contributed by atoms with E-state index in [-0.39, 0.29) is 13.0 Å². The van der Waals surface area contributed by atoms with Crippen LogP contribution in [-0.4, -0.2) is 44.1 Å². The van der Waals surface area contributed by atoms with Gasteiger partial charge in [-0.15, -0.1) is 0 Å². The number of hydrogen-bond donors (Lipinski definition) is 2. The summed E-state index contributed by atoms with van der Waals surface area (Å²) in [6.07, 6.45) is -1.34. The van der Waals surface area contributed by atoms with Crippen molar-refractivity contribution < 1.29 is 41.8 Å². The quantitative estimate of drug-likeness (QED) is 0.423. The first-order valence-electron chi connectivity index (χ1n) is 9.38. The number of ether oxygens (including phenoxy) is 3. The molecular weight excluding hydrogens is 433 g/mol. The van der Waals surface area contributed by atoms with Gasteiger partial charge in [0.15, 0.2) is 23.6 Å². The van der Waals surface area contributed by atoms with Crippen LogP contribution in [0.5, 0.6) is 11.5 Å². The number of hydrogen-bond acceptors (Lipinski definition) is 6. The van der Waals surface area contributed by atoms with Gasteiger partial charge in [0, 0.05) is 0 Å². The van der Waals surface area contributed by atoms with Gasteiger partial charge in [-0.25, -0.2) is 13.2 Å². The number of carbonyl (C=O) groups is 3. The number of esters is 1. The van der Waals surface area contributed by atoms with Crippen LogP contribution in [-0.2, 0) is 19.1 Å². The molecule has 0 aliphatic rings. The van der Waals surface area contributed by atoms with Crippen molar-refractivity contribution in [1.29, 1.82) is 0 Å². The number of rotatable bonds is 10. The van der Waals surface area contributed by atoms with Gasteiger partial charge in [0.1, 0.15) is 11.5 Å². The minimum atomic E-state index is -1.73. The molecule has 0 spiro atoms. The molecule has 0 radical (unpaired) electrons. The molecule has 0 bridgehead atoms. The van der Waals surface area contributed by atoms with E-state index in [9.17, 15) is 27.6 Å². The first-order chi connectivity index (χ1) is 15.2. The van der Waals surface area contributed by atoms with Crippen LogP contribution >= 0.6 is 0 Å². The van der Waals surface area contributed by atoms with Crippen molar-refractivity contribution in [2.45, 2.75) is 19.4 Å². The number of carbonyl (C=O) groups excluding carboxylic acids is 3. The Labute approximate surface area is 181 Å². The maximum absolute atomic E-state index is 13.5. The van der Waals surface area contributed by atoms with E-state index in [0.717, 1.165) is 6.07 Å². The molecule has 172 valence electrons. The summed E-state index contributed by atoms with van der Waals surface area (Å²) < 4.78 is 55.0. The summed E-state index contributed by atoms with van der Waals surface area (Å²) in [7, 11) is 1.53. The van der Waals surface area contributed by atoms with Gasteiger partial charge in [-0.3, -0.25) is 14.4 Å². The highest BCUT2D eigenvalue weighted by molar-refractivity contribution is 5.95. The van der Waals surface area contributed by atoms with Gasteiger partial charge in [-0.2, -0.15) is 0 Å². The molecule has 0 aliphatic heterocycles. The third-order valence-electron chi connectivity index (χ3n) is 4.04. The number of halogens is 3. The smallest absolute Gasteiger partial charge is 0.310 e. The van der Waals surface area contributed by atoms with Crippen molar-refractivity contribution >= 4 is 23.5 Å². The van der Waals surface area contributed by atoms with Crippen molar-refractivity contribution in [1.82, 2.24) is 5.32 Å². The van der Waals surface area contributed by atoms with E-state index in [1.807, 2.05) is 5.32 Å². The van der Waals surface area contributed by atoms with Gasteiger partial charge in [0.05, 0.1) is 32.4 Å². The topological polar surface area (TPSA) is 103 Å². The third kappa shape index (κ3) is 7.18. The van der Waals surface area contributed by atoms with Crippen LogP contribution in [0, 0.1) is 17.5 Å². The van der Waals surface area contributed by atoms with E-state index in [1.54, 1.807) is 24.3 Å². The summed E-state index contributed by atoms with van der Waals surface area (Å²) in [6, 6.07) is 8.20. The van der Waals surface area contributed by atoms with E-state index in [4.69, 9.17) is 14.2 Å². The summed E-state index contributed by atoms with van der Waals surface area (Å²) in [4.78, 5) is 35.6. The van der Waals surface area contributed by atoms with Crippen LogP contribution < -0.4 is 20.1 Å². The Hall–Kier alpha value is -3.76. The fourth-order valence-corrected chi connectivity index (χ4v) is 2.36. The Morgan fingerprint density at radius 1 is 0.969 bits per heavy atom. The highest BCUT2D eigenvalue weighted by Crippen LogP contribution is 2.19. The van der Waals surface area contributed by atoms with E-state index in [2.05, 4.69) is 5.32 Å². The lowest BCUT2D eigenvalue weighted by molar-refractivity contribution is -0.155. The Bertz CT molecular complexity index is 969. The van der Waals surface area contributed by atoms with Gasteiger partial charge in [0.2, 0.25) is 5.91 Å². The predicted octanol–water partition coefficient (Wildman–Crippen LogP) is 2.57. The zero-order chi connectivity index (χ0) is 23.7. The molecule has 0 saturated heterocycles. The summed E-state index contributed by atoms with van der Waals surface area (Å²) in [6.45, 7) is 0.700. The second kappa shape index (κ2) is 11.6. The highest BCUT2D eigenvalue weighted by Gasteiger charge is 2.19. The molecule has 0 aliphatic carbocycles. The van der Waals surface area contributed by atoms with E-state index >= 15 is 0 Å². The van der Waals surface area contributed by atoms with Crippen molar-refractivity contribution in [2.75, 3.05) is 25.6 Å². The molecule has 0 aromatic heterocycles. The predicted molar refractivity (Wildman–Crippen MR) is 107 cm³/mol. The first-order valence-corrected chi connectivity index (χ1v) is 9.38. The van der Waals surface area contributed by atoms with Gasteiger partial charge in [-0.1, -0.05) is 0 Å². The Kier molecular flexibility index (Phi) is 8.87. The molecule has 1 unspecified atom stereocenters. The Morgan fingerprint density at radius 2 is 1.62 bits per heavy atom. The minimum absolute atomic E-state index is 0.0156. The maximum Gasteiger partial charge on any atom is 0.310 e. The highest BCUT2D eigenvalue weighted by atomic mass is 19.2. The largest absolute Gasteiger partial charge is 0.497 e. The molecule has 2 rings (SSSR count). The number of nitrogens with one attached hydrogen (secondary N) is 2. The number of amides is 2. The second-order valence-corrected chi connectivity index (χ2v) is 6.39. The maximum atomic E-state index is 13.5. The molecule has 2 aromatic carbocycles. The normalized spacial score (nSPS) is 11.3. The average Bonchev–Trinajstić information content (AvgIpc) is 2.78. The lowest BCUT2D eigenvalue weighted by Crippen LogP contribution is -2.40. The Balaban J connectivity index is 1.70. The number of anilines is 1. The standard InChI is InChI=1S/C21H21F3N2O6/c1-12(32-18(28)9-10-31-14-5-3-13(30-2)4-6-14)21(29)25-11-17(27)26-16-8-7-15(22)19(23)20(16)24/h3-8,12H,9-11H2,1-2H3,(H,25,29)(H,26,27).